The van der Waals surface area contributed by atoms with Crippen molar-refractivity contribution in [1.29, 1.82) is 5.26 Å². The smallest absolute Gasteiger partial charge is 0.266 e. The number of ether oxygens (including phenoxy) is 3. The van der Waals surface area contributed by atoms with Crippen LogP contribution in [0.4, 0.5) is 5.69 Å². The first kappa shape index (κ1) is 22.8. The Morgan fingerprint density at radius 1 is 1.23 bits per heavy atom. The van der Waals surface area contributed by atoms with E-state index >= 15 is 0 Å². The summed E-state index contributed by atoms with van der Waals surface area (Å²) in [5.41, 5.74) is 0.792. The van der Waals surface area contributed by atoms with Crippen molar-refractivity contribution in [2.45, 2.75) is 6.92 Å². The van der Waals surface area contributed by atoms with Gasteiger partial charge in [-0.15, -0.1) is 0 Å². The van der Waals surface area contributed by atoms with Gasteiger partial charge in [0.2, 0.25) is 0 Å². The molecule has 0 aliphatic carbocycles. The Morgan fingerprint density at radius 2 is 2.00 bits per heavy atom. The number of carbonyl (C=O) groups is 2. The van der Waals surface area contributed by atoms with Crippen LogP contribution < -0.4 is 24.6 Å². The van der Waals surface area contributed by atoms with E-state index in [1.807, 2.05) is 13.0 Å². The van der Waals surface area contributed by atoms with Gasteiger partial charge in [-0.1, -0.05) is 22.0 Å². The molecule has 0 spiro atoms. The van der Waals surface area contributed by atoms with Gasteiger partial charge in [-0.3, -0.25) is 4.79 Å². The molecule has 8 nitrogen and oxygen atoms in total. The van der Waals surface area contributed by atoms with Gasteiger partial charge in [0, 0.05) is 16.2 Å². The predicted molar refractivity (Wildman–Crippen MR) is 111 cm³/mol. The summed E-state index contributed by atoms with van der Waals surface area (Å²) in [5, 5.41) is 22.7. The Morgan fingerprint density at radius 3 is 2.63 bits per heavy atom. The van der Waals surface area contributed by atoms with E-state index in [-0.39, 0.29) is 17.1 Å². The number of methoxy groups -OCH3 is 1. The minimum Gasteiger partial charge on any atom is -0.546 e. The van der Waals surface area contributed by atoms with E-state index in [2.05, 4.69) is 21.2 Å². The molecule has 0 bridgehead atoms. The molecule has 0 aliphatic rings. The Bertz CT molecular complexity index is 1010. The van der Waals surface area contributed by atoms with Crippen molar-refractivity contribution < 1.29 is 28.9 Å². The quantitative estimate of drug-likeness (QED) is 0.438. The van der Waals surface area contributed by atoms with Crippen LogP contribution in [0, 0.1) is 11.3 Å². The SMILES string of the molecule is CCOc1cccc(NC(=O)C(C#N)=Cc2cc(OC)c(OCC(=O)[O-])cc2Br)c1. The van der Waals surface area contributed by atoms with Gasteiger partial charge in [0.15, 0.2) is 11.5 Å². The molecule has 9 heteroatoms. The molecule has 0 heterocycles. The minimum absolute atomic E-state index is 0.150. The average Bonchev–Trinajstić information content (AvgIpc) is 2.71. The lowest BCUT2D eigenvalue weighted by molar-refractivity contribution is -0.307. The lowest BCUT2D eigenvalue weighted by Gasteiger charge is -2.13. The summed E-state index contributed by atoms with van der Waals surface area (Å²) in [6.45, 7) is 1.69. The van der Waals surface area contributed by atoms with Crippen LogP contribution in [0.25, 0.3) is 6.08 Å². The summed E-state index contributed by atoms with van der Waals surface area (Å²) in [7, 11) is 1.38. The number of benzene rings is 2. The van der Waals surface area contributed by atoms with Crippen LogP contribution in [0.3, 0.4) is 0 Å². The second kappa shape index (κ2) is 10.9. The third-order valence-corrected chi connectivity index (χ3v) is 4.38. The van der Waals surface area contributed by atoms with Crippen molar-refractivity contribution in [1.82, 2.24) is 0 Å². The molecule has 0 unspecified atom stereocenters. The van der Waals surface area contributed by atoms with Crippen molar-refractivity contribution in [2.75, 3.05) is 25.6 Å². The Labute approximate surface area is 181 Å². The van der Waals surface area contributed by atoms with Gasteiger partial charge in [0.1, 0.15) is 24.0 Å². The standard InChI is InChI=1S/C21H19BrN2O6/c1-3-29-16-6-4-5-15(9-16)24-21(27)14(11-23)7-13-8-18(28-2)19(10-17(13)22)30-12-20(25)26/h4-10H,3,12H2,1-2H3,(H,24,27)(H,25,26)/p-1. The minimum atomic E-state index is -1.38. The molecule has 0 radical (unpaired) electrons. The van der Waals surface area contributed by atoms with Crippen LogP contribution in [0.2, 0.25) is 0 Å². The molecule has 0 atom stereocenters. The normalized spacial score (nSPS) is 10.7. The van der Waals surface area contributed by atoms with Crippen LogP contribution in [0.15, 0.2) is 46.4 Å². The number of nitrogens with one attached hydrogen (secondary N) is 1. The number of carbonyl (C=O) groups excluding carboxylic acids is 2. The molecule has 0 saturated carbocycles. The highest BCUT2D eigenvalue weighted by molar-refractivity contribution is 9.10. The van der Waals surface area contributed by atoms with Crippen molar-refractivity contribution in [3.63, 3.8) is 0 Å². The summed E-state index contributed by atoms with van der Waals surface area (Å²) >= 11 is 3.32. The lowest BCUT2D eigenvalue weighted by atomic mass is 10.1. The molecular formula is C21H18BrN2O6-. The first-order chi connectivity index (χ1) is 14.4. The number of amides is 1. The fraction of sp³-hybridized carbons (Fsp3) is 0.190. The van der Waals surface area contributed by atoms with Gasteiger partial charge >= 0.3 is 0 Å². The largest absolute Gasteiger partial charge is 0.546 e. The van der Waals surface area contributed by atoms with Gasteiger partial charge in [0.05, 0.1) is 19.7 Å². The van der Waals surface area contributed by atoms with E-state index in [0.29, 0.717) is 28.1 Å². The summed E-state index contributed by atoms with van der Waals surface area (Å²) in [6, 6.07) is 11.7. The molecule has 1 amide bonds. The molecule has 2 rings (SSSR count). The lowest BCUT2D eigenvalue weighted by Crippen LogP contribution is -2.29. The molecule has 2 aromatic carbocycles. The number of nitriles is 1. The van der Waals surface area contributed by atoms with E-state index < -0.39 is 18.5 Å². The monoisotopic (exact) mass is 473 g/mol. The molecule has 0 saturated heterocycles. The van der Waals surface area contributed by atoms with E-state index in [1.165, 1.54) is 25.3 Å². The number of hydrogen-bond donors (Lipinski definition) is 1. The zero-order chi connectivity index (χ0) is 22.1. The number of hydrogen-bond acceptors (Lipinski definition) is 7. The van der Waals surface area contributed by atoms with Crippen LogP contribution in [0.1, 0.15) is 12.5 Å². The van der Waals surface area contributed by atoms with Crippen LogP contribution in [-0.4, -0.2) is 32.2 Å². The van der Waals surface area contributed by atoms with Crippen LogP contribution in [-0.2, 0) is 9.59 Å². The average molecular weight is 474 g/mol. The van der Waals surface area contributed by atoms with Crippen LogP contribution in [0.5, 0.6) is 17.2 Å². The van der Waals surface area contributed by atoms with Crippen molar-refractivity contribution in [2.24, 2.45) is 0 Å². The number of anilines is 1. The van der Waals surface area contributed by atoms with Gasteiger partial charge in [-0.2, -0.15) is 5.26 Å². The first-order valence-electron chi connectivity index (χ1n) is 8.74. The number of halogens is 1. The Balaban J connectivity index is 2.28. The van der Waals surface area contributed by atoms with Crippen molar-refractivity contribution in [3.05, 3.63) is 52.0 Å². The fourth-order valence-corrected chi connectivity index (χ4v) is 2.84. The van der Waals surface area contributed by atoms with Crippen molar-refractivity contribution in [3.8, 4) is 23.3 Å². The van der Waals surface area contributed by atoms with Gasteiger partial charge in [-0.25, -0.2) is 0 Å². The van der Waals surface area contributed by atoms with Crippen LogP contribution >= 0.6 is 15.9 Å². The molecule has 30 heavy (non-hydrogen) atoms. The van der Waals surface area contributed by atoms with E-state index in [9.17, 15) is 20.0 Å². The Kier molecular flexibility index (Phi) is 8.26. The molecule has 156 valence electrons. The molecule has 2 aromatic rings. The van der Waals surface area contributed by atoms with Crippen molar-refractivity contribution >= 4 is 39.6 Å². The Hall–Kier alpha value is -3.51. The summed E-state index contributed by atoms with van der Waals surface area (Å²) < 4.78 is 16.2. The third-order valence-electron chi connectivity index (χ3n) is 3.70. The predicted octanol–water partition coefficient (Wildman–Crippen LogP) is 2.53. The highest BCUT2D eigenvalue weighted by Crippen LogP contribution is 2.34. The summed E-state index contributed by atoms with van der Waals surface area (Å²) in [6.07, 6.45) is 1.37. The second-order valence-electron chi connectivity index (χ2n) is 5.77. The number of carboxylic acids is 1. The van der Waals surface area contributed by atoms with E-state index in [0.717, 1.165) is 0 Å². The maximum atomic E-state index is 12.5. The topological polar surface area (TPSA) is 121 Å². The first-order valence-corrected chi connectivity index (χ1v) is 9.53. The molecule has 0 aliphatic heterocycles. The molecular weight excluding hydrogens is 456 g/mol. The zero-order valence-corrected chi connectivity index (χ0v) is 17.8. The van der Waals surface area contributed by atoms with Gasteiger partial charge in [0.25, 0.3) is 5.91 Å². The highest BCUT2D eigenvalue weighted by Gasteiger charge is 2.14. The second-order valence-corrected chi connectivity index (χ2v) is 6.62. The molecule has 1 N–H and O–H groups in total. The molecule has 0 aromatic heterocycles. The molecule has 0 fully saturated rings. The number of carboxylic acid groups (broad SMARTS) is 1. The zero-order valence-electron chi connectivity index (χ0n) is 16.2. The maximum absolute atomic E-state index is 12.5. The summed E-state index contributed by atoms with van der Waals surface area (Å²) in [4.78, 5) is 23.1. The number of rotatable bonds is 9. The van der Waals surface area contributed by atoms with Gasteiger partial charge in [-0.05, 0) is 42.8 Å². The van der Waals surface area contributed by atoms with Gasteiger partial charge < -0.3 is 29.4 Å². The van der Waals surface area contributed by atoms with E-state index in [4.69, 9.17) is 14.2 Å². The number of nitrogens with zero attached hydrogens (tertiary/aromatic N) is 1. The maximum Gasteiger partial charge on any atom is 0.266 e. The third kappa shape index (κ3) is 6.25. The van der Waals surface area contributed by atoms with E-state index in [1.54, 1.807) is 24.3 Å². The summed E-state index contributed by atoms with van der Waals surface area (Å²) in [5.74, 6) is -0.991. The fourth-order valence-electron chi connectivity index (χ4n) is 2.40. The highest BCUT2D eigenvalue weighted by atomic mass is 79.9. The number of aliphatic carboxylic acids is 1.